The summed E-state index contributed by atoms with van der Waals surface area (Å²) >= 11 is 1.24. The first-order valence-electron chi connectivity index (χ1n) is 15.7. The van der Waals surface area contributed by atoms with Gasteiger partial charge in [0.1, 0.15) is 11.8 Å². The summed E-state index contributed by atoms with van der Waals surface area (Å²) in [4.78, 5) is 97.0. The van der Waals surface area contributed by atoms with E-state index >= 15 is 0 Å². The van der Waals surface area contributed by atoms with Crippen LogP contribution in [-0.2, 0) is 35.2 Å². The first kappa shape index (κ1) is 36.6. The van der Waals surface area contributed by atoms with Crippen LogP contribution in [0.2, 0.25) is 0 Å². The molecule has 0 radical (unpaired) electrons. The lowest BCUT2D eigenvalue weighted by atomic mass is 9.81. The minimum atomic E-state index is -1.10. The van der Waals surface area contributed by atoms with E-state index in [0.717, 1.165) is 23.3 Å². The predicted octanol–water partition coefficient (Wildman–Crippen LogP) is 2.25. The molecule has 3 N–H and O–H groups in total. The highest BCUT2D eigenvalue weighted by Crippen LogP contribution is 2.31. The number of carboxylic acid groups (broad SMARTS) is 1. The van der Waals surface area contributed by atoms with E-state index in [-0.39, 0.29) is 73.4 Å². The maximum Gasteiger partial charge on any atom is 0.326 e. The van der Waals surface area contributed by atoms with Gasteiger partial charge in [0, 0.05) is 62.2 Å². The summed E-state index contributed by atoms with van der Waals surface area (Å²) in [5.41, 5.74) is 1.43. The normalized spacial score (nSPS) is 21.7. The van der Waals surface area contributed by atoms with Gasteiger partial charge in [0.05, 0.1) is 11.2 Å². The van der Waals surface area contributed by atoms with Gasteiger partial charge in [0.2, 0.25) is 17.7 Å². The van der Waals surface area contributed by atoms with Crippen LogP contribution in [0, 0.1) is 17.8 Å². The van der Waals surface area contributed by atoms with Gasteiger partial charge < -0.3 is 20.6 Å². The quantitative estimate of drug-likeness (QED) is 0.166. The number of benzene rings is 1. The number of hydrogen-bond acceptors (Lipinski definition) is 9. The van der Waals surface area contributed by atoms with E-state index in [1.54, 1.807) is 18.2 Å². The van der Waals surface area contributed by atoms with Crippen molar-refractivity contribution in [3.05, 3.63) is 34.9 Å². The van der Waals surface area contributed by atoms with Crippen molar-refractivity contribution in [2.45, 2.75) is 76.0 Å². The van der Waals surface area contributed by atoms with Crippen LogP contribution in [0.1, 0.15) is 84.6 Å². The van der Waals surface area contributed by atoms with Crippen LogP contribution in [0.3, 0.4) is 0 Å². The fourth-order valence-electron chi connectivity index (χ4n) is 5.81. The maximum absolute atomic E-state index is 12.8. The molecule has 0 bridgehead atoms. The van der Waals surface area contributed by atoms with E-state index in [2.05, 4.69) is 10.6 Å². The Hall–Kier alpha value is -3.87. The number of aliphatic carboxylic acids is 1. The third-order valence-electron chi connectivity index (χ3n) is 8.99. The molecule has 46 heavy (non-hydrogen) atoms. The standard InChI is InChI=1S/C33H43N3O9S/c1-20(33(44)45)36(2)30(41)12-14-46-28-16-27(39)26(31(28)42)11-13-34-32(43)23-7-4-22(5-8-23)17-35-29(40)10-6-21-3-9-24(18-37)25(15-21)19-38/h3,9,15,18-20,22-23,26,28H,4-8,10-14,16-17H2,1-2H3,(H,34,43)(H,35,40)(H,44,45)/t20-,22-,23-,26?,28?/m0/s1. The van der Waals surface area contributed by atoms with Crippen LogP contribution >= 0.6 is 11.8 Å². The van der Waals surface area contributed by atoms with Crippen molar-refractivity contribution in [3.63, 3.8) is 0 Å². The lowest BCUT2D eigenvalue weighted by Gasteiger charge is -2.28. The molecule has 3 atom stereocenters. The topological polar surface area (TPSA) is 184 Å². The molecule has 2 fully saturated rings. The Morgan fingerprint density at radius 1 is 1.02 bits per heavy atom. The molecule has 2 aliphatic carbocycles. The van der Waals surface area contributed by atoms with Gasteiger partial charge in [0.25, 0.3) is 0 Å². The molecule has 0 saturated heterocycles. The number of ketones is 2. The summed E-state index contributed by atoms with van der Waals surface area (Å²) in [6.45, 7) is 2.16. The fraction of sp³-hybridized carbons (Fsp3) is 0.576. The van der Waals surface area contributed by atoms with Crippen LogP contribution in [0.25, 0.3) is 0 Å². The average Bonchev–Trinajstić information content (AvgIpc) is 3.32. The van der Waals surface area contributed by atoms with E-state index in [1.807, 2.05) is 0 Å². The number of carbonyl (C=O) groups excluding carboxylic acids is 7. The lowest BCUT2D eigenvalue weighted by Crippen LogP contribution is -2.40. The van der Waals surface area contributed by atoms with Crippen LogP contribution in [0.15, 0.2) is 18.2 Å². The van der Waals surface area contributed by atoms with Gasteiger partial charge in [-0.05, 0) is 63.0 Å². The molecule has 250 valence electrons. The van der Waals surface area contributed by atoms with Gasteiger partial charge in [0.15, 0.2) is 18.4 Å². The van der Waals surface area contributed by atoms with Crippen molar-refractivity contribution in [1.29, 1.82) is 0 Å². The van der Waals surface area contributed by atoms with E-state index in [1.165, 1.54) is 25.7 Å². The molecule has 1 aromatic rings. The van der Waals surface area contributed by atoms with Crippen molar-refractivity contribution in [2.24, 2.45) is 17.8 Å². The second-order valence-corrected chi connectivity index (χ2v) is 13.4. The molecular formula is C33H43N3O9S. The van der Waals surface area contributed by atoms with Gasteiger partial charge in [-0.25, -0.2) is 4.79 Å². The highest BCUT2D eigenvalue weighted by Gasteiger charge is 2.41. The highest BCUT2D eigenvalue weighted by atomic mass is 32.2. The lowest BCUT2D eigenvalue weighted by molar-refractivity contribution is -0.148. The zero-order valence-corrected chi connectivity index (χ0v) is 27.1. The molecule has 0 aromatic heterocycles. The number of carboxylic acids is 1. The number of amides is 3. The number of carbonyl (C=O) groups is 8. The smallest absolute Gasteiger partial charge is 0.326 e. The number of Topliss-reactive ketones (excluding diaryl/α,β-unsaturated/α-hetero) is 2. The Kier molecular flexibility index (Phi) is 14.1. The average molecular weight is 658 g/mol. The summed E-state index contributed by atoms with van der Waals surface area (Å²) in [5, 5.41) is 14.3. The van der Waals surface area contributed by atoms with Gasteiger partial charge in [-0.15, -0.1) is 11.8 Å². The summed E-state index contributed by atoms with van der Waals surface area (Å²) < 4.78 is 0. The summed E-state index contributed by atoms with van der Waals surface area (Å²) in [6.07, 6.45) is 5.30. The second-order valence-electron chi connectivity index (χ2n) is 12.1. The third-order valence-corrected chi connectivity index (χ3v) is 10.2. The van der Waals surface area contributed by atoms with Crippen molar-refractivity contribution in [1.82, 2.24) is 15.5 Å². The van der Waals surface area contributed by atoms with Crippen LogP contribution in [0.5, 0.6) is 0 Å². The van der Waals surface area contributed by atoms with E-state index in [0.29, 0.717) is 55.3 Å². The number of aryl methyl sites for hydroxylation is 1. The number of rotatable bonds is 17. The molecule has 13 heteroatoms. The minimum absolute atomic E-state index is 0.0648. The zero-order valence-electron chi connectivity index (χ0n) is 26.3. The number of thioether (sulfide) groups is 1. The molecule has 12 nitrogen and oxygen atoms in total. The Bertz CT molecular complexity index is 1330. The third kappa shape index (κ3) is 10.3. The minimum Gasteiger partial charge on any atom is -0.480 e. The molecule has 3 rings (SSSR count). The van der Waals surface area contributed by atoms with Crippen LogP contribution < -0.4 is 10.6 Å². The Labute approximate surface area is 272 Å². The second kappa shape index (κ2) is 17.7. The van der Waals surface area contributed by atoms with Gasteiger partial charge in [-0.1, -0.05) is 12.1 Å². The van der Waals surface area contributed by atoms with Crippen molar-refractivity contribution in [3.8, 4) is 0 Å². The van der Waals surface area contributed by atoms with E-state index in [4.69, 9.17) is 5.11 Å². The highest BCUT2D eigenvalue weighted by molar-refractivity contribution is 8.00. The van der Waals surface area contributed by atoms with Crippen LogP contribution in [0.4, 0.5) is 0 Å². The first-order valence-corrected chi connectivity index (χ1v) is 16.7. The Morgan fingerprint density at radius 2 is 1.72 bits per heavy atom. The molecule has 1 aromatic carbocycles. The number of hydrogen-bond donors (Lipinski definition) is 3. The van der Waals surface area contributed by atoms with Crippen molar-refractivity contribution in [2.75, 3.05) is 25.9 Å². The summed E-state index contributed by atoms with van der Waals surface area (Å²) in [5.74, 6) is -2.36. The fourth-order valence-corrected chi connectivity index (χ4v) is 6.99. The van der Waals surface area contributed by atoms with E-state index in [9.17, 15) is 38.4 Å². The molecular weight excluding hydrogens is 614 g/mol. The van der Waals surface area contributed by atoms with Crippen LogP contribution in [-0.4, -0.2) is 95.0 Å². The molecule has 2 saturated carbocycles. The van der Waals surface area contributed by atoms with E-state index < -0.39 is 23.2 Å². The Morgan fingerprint density at radius 3 is 2.37 bits per heavy atom. The largest absolute Gasteiger partial charge is 0.480 e. The number of likely N-dealkylation sites (N-methyl/N-ethyl adjacent to an activating group) is 1. The Balaban J connectivity index is 1.30. The number of nitrogens with one attached hydrogen (secondary N) is 2. The monoisotopic (exact) mass is 657 g/mol. The van der Waals surface area contributed by atoms with Gasteiger partial charge in [-0.2, -0.15) is 0 Å². The maximum atomic E-state index is 12.8. The number of aldehydes is 2. The molecule has 0 heterocycles. The molecule has 2 unspecified atom stereocenters. The van der Waals surface area contributed by atoms with Crippen molar-refractivity contribution >= 4 is 59.6 Å². The number of nitrogens with zero attached hydrogens (tertiary/aromatic N) is 1. The molecule has 3 amide bonds. The molecule has 0 aliphatic heterocycles. The summed E-state index contributed by atoms with van der Waals surface area (Å²) in [6, 6.07) is 3.98. The SMILES string of the molecule is C[C@@H](C(=O)O)N(C)C(=O)CCSC1CC(=O)C(CCNC(=O)[C@H]2CC[C@H](CNC(=O)CCc3ccc(C=O)c(C=O)c3)CC2)C1=O. The molecule has 2 aliphatic rings. The summed E-state index contributed by atoms with van der Waals surface area (Å²) in [7, 11) is 1.42. The first-order chi connectivity index (χ1) is 21.9. The zero-order chi connectivity index (χ0) is 33.8. The molecule has 0 spiro atoms. The predicted molar refractivity (Wildman–Crippen MR) is 170 cm³/mol. The van der Waals surface area contributed by atoms with Crippen molar-refractivity contribution < 1.29 is 43.5 Å². The van der Waals surface area contributed by atoms with Gasteiger partial charge in [-0.3, -0.25) is 33.6 Å². The van der Waals surface area contributed by atoms with Gasteiger partial charge >= 0.3 is 5.97 Å².